The Balaban J connectivity index is 2.09. The van der Waals surface area contributed by atoms with Crippen molar-refractivity contribution in [3.8, 4) is 11.5 Å². The van der Waals surface area contributed by atoms with Crippen LogP contribution in [0.3, 0.4) is 0 Å². The zero-order chi connectivity index (χ0) is 13.7. The first-order valence-electron chi connectivity index (χ1n) is 6.74. The van der Waals surface area contributed by atoms with Gasteiger partial charge in [0.15, 0.2) is 11.5 Å². The lowest BCUT2D eigenvalue weighted by Gasteiger charge is -2.31. The molecule has 0 saturated carbocycles. The van der Waals surface area contributed by atoms with Crippen molar-refractivity contribution in [2.75, 3.05) is 32.8 Å². The average molecular weight is 281 g/mol. The Kier molecular flexibility index (Phi) is 5.40. The van der Waals surface area contributed by atoms with E-state index in [1.165, 1.54) is 29.9 Å². The van der Waals surface area contributed by atoms with Gasteiger partial charge in [-0.3, -0.25) is 4.90 Å². The van der Waals surface area contributed by atoms with E-state index in [9.17, 15) is 0 Å². The summed E-state index contributed by atoms with van der Waals surface area (Å²) >= 11 is 2.06. The molecule has 1 aliphatic heterocycles. The molecule has 1 aliphatic rings. The molecule has 2 rings (SSSR count). The van der Waals surface area contributed by atoms with Crippen LogP contribution < -0.4 is 9.47 Å². The van der Waals surface area contributed by atoms with Crippen LogP contribution in [0.15, 0.2) is 18.2 Å². The Bertz CT molecular complexity index is 405. The predicted octanol–water partition coefficient (Wildman–Crippen LogP) is 3.03. The van der Waals surface area contributed by atoms with Gasteiger partial charge in [-0.2, -0.15) is 11.8 Å². The van der Waals surface area contributed by atoms with E-state index in [2.05, 4.69) is 29.8 Å². The van der Waals surface area contributed by atoms with E-state index in [1.807, 2.05) is 12.1 Å². The molecule has 0 aliphatic carbocycles. The summed E-state index contributed by atoms with van der Waals surface area (Å²) in [5.74, 6) is 4.24. The topological polar surface area (TPSA) is 21.7 Å². The minimum atomic E-state index is 0.692. The number of benzene rings is 1. The van der Waals surface area contributed by atoms with Gasteiger partial charge in [0, 0.05) is 18.2 Å². The second-order valence-electron chi connectivity index (χ2n) is 4.91. The second kappa shape index (κ2) is 7.06. The second-order valence-corrected chi connectivity index (χ2v) is 6.14. The van der Waals surface area contributed by atoms with Crippen molar-refractivity contribution in [1.82, 2.24) is 4.90 Å². The van der Waals surface area contributed by atoms with Crippen LogP contribution in [0, 0.1) is 0 Å². The Morgan fingerprint density at radius 2 is 1.95 bits per heavy atom. The number of methoxy groups -OCH3 is 2. The summed E-state index contributed by atoms with van der Waals surface area (Å²) in [7, 11) is 5.60. The van der Waals surface area contributed by atoms with Gasteiger partial charge in [0.05, 0.1) is 14.2 Å². The maximum absolute atomic E-state index is 5.50. The summed E-state index contributed by atoms with van der Waals surface area (Å²) in [6, 6.07) is 6.79. The number of hydrogen-bond donors (Lipinski definition) is 0. The van der Waals surface area contributed by atoms with Crippen molar-refractivity contribution in [2.45, 2.75) is 25.4 Å². The van der Waals surface area contributed by atoms with Crippen molar-refractivity contribution in [3.63, 3.8) is 0 Å². The van der Waals surface area contributed by atoms with Gasteiger partial charge in [-0.1, -0.05) is 12.1 Å². The highest BCUT2D eigenvalue weighted by atomic mass is 32.2. The number of rotatable bonds is 5. The van der Waals surface area contributed by atoms with Gasteiger partial charge < -0.3 is 9.47 Å². The van der Waals surface area contributed by atoms with Crippen molar-refractivity contribution in [1.29, 1.82) is 0 Å². The maximum Gasteiger partial charge on any atom is 0.165 e. The SMILES string of the molecule is COc1cccc(CN(C)C2CCSCC2)c1OC. The first-order valence-corrected chi connectivity index (χ1v) is 7.89. The summed E-state index contributed by atoms with van der Waals surface area (Å²) in [6.07, 6.45) is 2.57. The van der Waals surface area contributed by atoms with Crippen molar-refractivity contribution >= 4 is 11.8 Å². The molecule has 0 atom stereocenters. The quantitative estimate of drug-likeness (QED) is 0.827. The fourth-order valence-corrected chi connectivity index (χ4v) is 3.68. The molecule has 3 nitrogen and oxygen atoms in total. The standard InChI is InChI=1S/C15H23NO2S/c1-16(13-7-9-19-10-8-13)11-12-5-4-6-14(17-2)15(12)18-3/h4-6,13H,7-11H2,1-3H3. The van der Waals surface area contributed by atoms with Gasteiger partial charge in [-0.05, 0) is 37.5 Å². The van der Waals surface area contributed by atoms with E-state index >= 15 is 0 Å². The van der Waals surface area contributed by atoms with Crippen molar-refractivity contribution in [3.05, 3.63) is 23.8 Å². The third-order valence-electron chi connectivity index (χ3n) is 3.72. The van der Waals surface area contributed by atoms with Gasteiger partial charge in [-0.15, -0.1) is 0 Å². The lowest BCUT2D eigenvalue weighted by Crippen LogP contribution is -2.34. The number of ether oxygens (including phenoxy) is 2. The van der Waals surface area contributed by atoms with Crippen LogP contribution >= 0.6 is 11.8 Å². The van der Waals surface area contributed by atoms with Crippen LogP contribution in [0.4, 0.5) is 0 Å². The summed E-state index contributed by atoms with van der Waals surface area (Å²) in [5, 5.41) is 0. The van der Waals surface area contributed by atoms with E-state index in [-0.39, 0.29) is 0 Å². The van der Waals surface area contributed by atoms with Gasteiger partial charge in [0.2, 0.25) is 0 Å². The molecule has 1 aromatic rings. The fraction of sp³-hybridized carbons (Fsp3) is 0.600. The van der Waals surface area contributed by atoms with Crippen molar-refractivity contribution < 1.29 is 9.47 Å². The van der Waals surface area contributed by atoms with Gasteiger partial charge in [-0.25, -0.2) is 0 Å². The molecule has 4 heteroatoms. The Morgan fingerprint density at radius 3 is 2.58 bits per heavy atom. The number of para-hydroxylation sites is 1. The molecule has 0 aromatic heterocycles. The number of thioether (sulfide) groups is 1. The highest BCUT2D eigenvalue weighted by molar-refractivity contribution is 7.99. The van der Waals surface area contributed by atoms with E-state index in [0.717, 1.165) is 18.0 Å². The molecule has 19 heavy (non-hydrogen) atoms. The smallest absolute Gasteiger partial charge is 0.165 e. The van der Waals surface area contributed by atoms with Crippen LogP contribution in [0.25, 0.3) is 0 Å². The molecule has 1 fully saturated rings. The van der Waals surface area contributed by atoms with Crippen molar-refractivity contribution in [2.24, 2.45) is 0 Å². The summed E-state index contributed by atoms with van der Waals surface area (Å²) in [4.78, 5) is 2.44. The number of nitrogens with zero attached hydrogens (tertiary/aromatic N) is 1. The zero-order valence-electron chi connectivity index (χ0n) is 12.0. The van der Waals surface area contributed by atoms with E-state index in [1.54, 1.807) is 14.2 Å². The molecule has 0 amide bonds. The molecule has 0 unspecified atom stereocenters. The first-order chi connectivity index (χ1) is 9.26. The first kappa shape index (κ1) is 14.5. The fourth-order valence-electron chi connectivity index (χ4n) is 2.60. The Morgan fingerprint density at radius 1 is 1.21 bits per heavy atom. The predicted molar refractivity (Wildman–Crippen MR) is 81.4 cm³/mol. The average Bonchev–Trinajstić information content (AvgIpc) is 2.47. The molecule has 1 heterocycles. The molecule has 1 aromatic carbocycles. The summed E-state index contributed by atoms with van der Waals surface area (Å²) in [5.41, 5.74) is 1.20. The van der Waals surface area contributed by atoms with Crippen LogP contribution in [0.1, 0.15) is 18.4 Å². The minimum Gasteiger partial charge on any atom is -0.493 e. The molecule has 1 saturated heterocycles. The monoisotopic (exact) mass is 281 g/mol. The van der Waals surface area contributed by atoms with Crippen LogP contribution in [0.5, 0.6) is 11.5 Å². The van der Waals surface area contributed by atoms with Gasteiger partial charge in [0.25, 0.3) is 0 Å². The van der Waals surface area contributed by atoms with E-state index in [0.29, 0.717) is 6.04 Å². The van der Waals surface area contributed by atoms with Gasteiger partial charge in [0.1, 0.15) is 0 Å². The third kappa shape index (κ3) is 3.57. The van der Waals surface area contributed by atoms with Crippen LogP contribution in [-0.4, -0.2) is 43.7 Å². The molecule has 106 valence electrons. The normalized spacial score (nSPS) is 16.6. The highest BCUT2D eigenvalue weighted by Gasteiger charge is 2.20. The lowest BCUT2D eigenvalue weighted by atomic mass is 10.1. The Hall–Kier alpha value is -0.870. The summed E-state index contributed by atoms with van der Waals surface area (Å²) in [6.45, 7) is 0.912. The number of hydrogen-bond acceptors (Lipinski definition) is 4. The molecule has 0 bridgehead atoms. The van der Waals surface area contributed by atoms with Crippen LogP contribution in [-0.2, 0) is 6.54 Å². The molecular formula is C15H23NO2S. The molecule has 0 radical (unpaired) electrons. The molecule has 0 spiro atoms. The van der Waals surface area contributed by atoms with E-state index in [4.69, 9.17) is 9.47 Å². The largest absolute Gasteiger partial charge is 0.493 e. The zero-order valence-corrected chi connectivity index (χ0v) is 12.8. The summed E-state index contributed by atoms with van der Waals surface area (Å²) < 4.78 is 10.9. The molecular weight excluding hydrogens is 258 g/mol. The Labute approximate surface area is 120 Å². The van der Waals surface area contributed by atoms with Gasteiger partial charge >= 0.3 is 0 Å². The lowest BCUT2D eigenvalue weighted by molar-refractivity contribution is 0.217. The minimum absolute atomic E-state index is 0.692. The van der Waals surface area contributed by atoms with E-state index < -0.39 is 0 Å². The van der Waals surface area contributed by atoms with Crippen LogP contribution in [0.2, 0.25) is 0 Å². The third-order valence-corrected chi connectivity index (χ3v) is 4.77. The highest BCUT2D eigenvalue weighted by Crippen LogP contribution is 2.32. The molecule has 0 N–H and O–H groups in total. The maximum atomic E-state index is 5.50.